The average molecular weight is 303 g/mol. The Bertz CT molecular complexity index is 554. The van der Waals surface area contributed by atoms with Gasteiger partial charge in [-0.25, -0.2) is 0 Å². The van der Waals surface area contributed by atoms with E-state index in [1.165, 1.54) is 22.3 Å². The molecule has 0 aromatic heterocycles. The van der Waals surface area contributed by atoms with Crippen LogP contribution in [0.3, 0.4) is 0 Å². The highest BCUT2D eigenvalue weighted by Crippen LogP contribution is 2.20. The molecule has 0 heterocycles. The van der Waals surface area contributed by atoms with Gasteiger partial charge >= 0.3 is 0 Å². The standard InChI is InChI=1S/C19H23ClO/c1-14-8-15(2)10-17(9-14)12-18(13-20)11-16-4-6-19(21-3)7-5-16/h4-10,18H,11-13H2,1-3H3. The second kappa shape index (κ2) is 7.51. The van der Waals surface area contributed by atoms with Crippen molar-refractivity contribution in [2.45, 2.75) is 26.7 Å². The van der Waals surface area contributed by atoms with Crippen molar-refractivity contribution in [3.63, 3.8) is 0 Å². The average Bonchev–Trinajstić information content (AvgIpc) is 2.46. The van der Waals surface area contributed by atoms with Crippen molar-refractivity contribution in [2.75, 3.05) is 13.0 Å². The van der Waals surface area contributed by atoms with E-state index in [4.69, 9.17) is 16.3 Å². The fourth-order valence-electron chi connectivity index (χ4n) is 2.80. The van der Waals surface area contributed by atoms with Crippen LogP contribution in [0.2, 0.25) is 0 Å². The van der Waals surface area contributed by atoms with E-state index in [0.29, 0.717) is 11.8 Å². The van der Waals surface area contributed by atoms with Crippen LogP contribution in [0.5, 0.6) is 5.75 Å². The van der Waals surface area contributed by atoms with Crippen molar-refractivity contribution >= 4 is 11.6 Å². The van der Waals surface area contributed by atoms with Crippen LogP contribution in [0.1, 0.15) is 22.3 Å². The van der Waals surface area contributed by atoms with Gasteiger partial charge in [0.25, 0.3) is 0 Å². The first-order valence-electron chi connectivity index (χ1n) is 7.36. The molecule has 0 radical (unpaired) electrons. The van der Waals surface area contributed by atoms with E-state index < -0.39 is 0 Å². The van der Waals surface area contributed by atoms with Gasteiger partial charge in [0.2, 0.25) is 0 Å². The molecule has 2 rings (SSSR count). The fourth-order valence-corrected chi connectivity index (χ4v) is 3.01. The van der Waals surface area contributed by atoms with Crippen molar-refractivity contribution in [1.29, 1.82) is 0 Å². The molecule has 1 unspecified atom stereocenters. The van der Waals surface area contributed by atoms with E-state index in [1.54, 1.807) is 7.11 Å². The van der Waals surface area contributed by atoms with Gasteiger partial charge in [0.1, 0.15) is 5.75 Å². The summed E-state index contributed by atoms with van der Waals surface area (Å²) in [6.07, 6.45) is 2.03. The third-order valence-corrected chi connectivity index (χ3v) is 4.14. The molecule has 2 aromatic rings. The molecule has 0 aliphatic rings. The van der Waals surface area contributed by atoms with E-state index in [1.807, 2.05) is 12.1 Å². The highest BCUT2D eigenvalue weighted by Gasteiger charge is 2.10. The summed E-state index contributed by atoms with van der Waals surface area (Å²) in [5.74, 6) is 2.04. The molecule has 0 spiro atoms. The molecule has 0 bridgehead atoms. The first-order chi connectivity index (χ1) is 10.1. The SMILES string of the molecule is COc1ccc(CC(CCl)Cc2cc(C)cc(C)c2)cc1. The lowest BCUT2D eigenvalue weighted by molar-refractivity contribution is 0.414. The third-order valence-electron chi connectivity index (χ3n) is 3.71. The van der Waals surface area contributed by atoms with Gasteiger partial charge < -0.3 is 4.74 Å². The minimum atomic E-state index is 0.460. The molecule has 1 atom stereocenters. The minimum absolute atomic E-state index is 0.460. The zero-order valence-electron chi connectivity index (χ0n) is 13.0. The second-order valence-corrected chi connectivity index (χ2v) is 6.08. The van der Waals surface area contributed by atoms with Gasteiger partial charge in [0, 0.05) is 5.88 Å². The lowest BCUT2D eigenvalue weighted by Crippen LogP contribution is -2.10. The normalized spacial score (nSPS) is 12.2. The van der Waals surface area contributed by atoms with Crippen LogP contribution in [-0.4, -0.2) is 13.0 Å². The molecule has 0 N–H and O–H groups in total. The molecule has 112 valence electrons. The van der Waals surface area contributed by atoms with E-state index in [2.05, 4.69) is 44.2 Å². The molecule has 0 aliphatic carbocycles. The maximum atomic E-state index is 6.18. The summed E-state index contributed by atoms with van der Waals surface area (Å²) in [6.45, 7) is 4.30. The lowest BCUT2D eigenvalue weighted by atomic mass is 9.92. The number of benzene rings is 2. The quantitative estimate of drug-likeness (QED) is 0.686. The summed E-state index contributed by atoms with van der Waals surface area (Å²) < 4.78 is 5.20. The number of aryl methyl sites for hydroxylation is 2. The second-order valence-electron chi connectivity index (χ2n) is 5.77. The Morgan fingerprint density at radius 2 is 1.48 bits per heavy atom. The number of alkyl halides is 1. The molecule has 0 amide bonds. The first kappa shape index (κ1) is 15.9. The number of halogens is 1. The monoisotopic (exact) mass is 302 g/mol. The Kier molecular flexibility index (Phi) is 5.69. The lowest BCUT2D eigenvalue weighted by Gasteiger charge is -2.15. The molecule has 2 heteroatoms. The number of hydrogen-bond acceptors (Lipinski definition) is 1. The topological polar surface area (TPSA) is 9.23 Å². The predicted molar refractivity (Wildman–Crippen MR) is 90.5 cm³/mol. The summed E-state index contributed by atoms with van der Waals surface area (Å²) in [6, 6.07) is 15.0. The van der Waals surface area contributed by atoms with Crippen molar-refractivity contribution in [3.8, 4) is 5.75 Å². The molecular formula is C19H23ClO. The van der Waals surface area contributed by atoms with E-state index in [-0.39, 0.29) is 0 Å². The number of ether oxygens (including phenoxy) is 1. The van der Waals surface area contributed by atoms with E-state index in [0.717, 1.165) is 18.6 Å². The van der Waals surface area contributed by atoms with Crippen LogP contribution in [0.25, 0.3) is 0 Å². The van der Waals surface area contributed by atoms with Crippen molar-refractivity contribution < 1.29 is 4.74 Å². The van der Waals surface area contributed by atoms with Crippen molar-refractivity contribution in [2.24, 2.45) is 5.92 Å². The van der Waals surface area contributed by atoms with Crippen LogP contribution in [0.15, 0.2) is 42.5 Å². The maximum Gasteiger partial charge on any atom is 0.118 e. The third kappa shape index (κ3) is 4.78. The van der Waals surface area contributed by atoms with Crippen LogP contribution in [-0.2, 0) is 12.8 Å². The number of hydrogen-bond donors (Lipinski definition) is 0. The zero-order valence-corrected chi connectivity index (χ0v) is 13.8. The molecule has 2 aromatic carbocycles. The van der Waals surface area contributed by atoms with E-state index in [9.17, 15) is 0 Å². The molecular weight excluding hydrogens is 280 g/mol. The highest BCUT2D eigenvalue weighted by molar-refractivity contribution is 6.18. The molecule has 21 heavy (non-hydrogen) atoms. The first-order valence-corrected chi connectivity index (χ1v) is 7.90. The van der Waals surface area contributed by atoms with Gasteiger partial charge in [0.15, 0.2) is 0 Å². The summed E-state index contributed by atoms with van der Waals surface area (Å²) in [7, 11) is 1.69. The van der Waals surface area contributed by atoms with Crippen molar-refractivity contribution in [3.05, 3.63) is 64.7 Å². The Morgan fingerprint density at radius 3 is 2.00 bits per heavy atom. The Balaban J connectivity index is 2.05. The predicted octanol–water partition coefficient (Wildman–Crippen LogP) is 4.95. The van der Waals surface area contributed by atoms with Crippen LogP contribution in [0.4, 0.5) is 0 Å². The van der Waals surface area contributed by atoms with Gasteiger partial charge in [0.05, 0.1) is 7.11 Å². The zero-order chi connectivity index (χ0) is 15.2. The Hall–Kier alpha value is -1.47. The fraction of sp³-hybridized carbons (Fsp3) is 0.368. The smallest absolute Gasteiger partial charge is 0.118 e. The van der Waals surface area contributed by atoms with Gasteiger partial charge in [-0.1, -0.05) is 41.5 Å². The maximum absolute atomic E-state index is 6.18. The summed E-state index contributed by atoms with van der Waals surface area (Å²) in [4.78, 5) is 0. The molecule has 1 nitrogen and oxygen atoms in total. The van der Waals surface area contributed by atoms with Crippen LogP contribution < -0.4 is 4.74 Å². The van der Waals surface area contributed by atoms with E-state index >= 15 is 0 Å². The van der Waals surface area contributed by atoms with Gasteiger partial charge in [-0.15, -0.1) is 11.6 Å². The van der Waals surface area contributed by atoms with Crippen LogP contribution in [0, 0.1) is 19.8 Å². The molecule has 0 aliphatic heterocycles. The molecule has 0 saturated carbocycles. The summed E-state index contributed by atoms with van der Waals surface area (Å²) >= 11 is 6.18. The largest absolute Gasteiger partial charge is 0.497 e. The number of rotatable bonds is 6. The molecule has 0 saturated heterocycles. The van der Waals surface area contributed by atoms with Gasteiger partial charge in [-0.2, -0.15) is 0 Å². The highest BCUT2D eigenvalue weighted by atomic mass is 35.5. The Morgan fingerprint density at radius 1 is 0.905 bits per heavy atom. The van der Waals surface area contributed by atoms with Gasteiger partial charge in [-0.05, 0) is 55.9 Å². The van der Waals surface area contributed by atoms with Gasteiger partial charge in [-0.3, -0.25) is 0 Å². The van der Waals surface area contributed by atoms with Crippen molar-refractivity contribution in [1.82, 2.24) is 0 Å². The summed E-state index contributed by atoms with van der Waals surface area (Å²) in [5.41, 5.74) is 5.34. The number of methoxy groups -OCH3 is 1. The minimum Gasteiger partial charge on any atom is -0.497 e. The van der Waals surface area contributed by atoms with Crippen LogP contribution >= 0.6 is 11.6 Å². The summed E-state index contributed by atoms with van der Waals surface area (Å²) in [5, 5.41) is 0. The Labute approximate surface area is 132 Å². The molecule has 0 fully saturated rings.